The third kappa shape index (κ3) is 2.02. The molecule has 1 heterocycles. The zero-order valence-electron chi connectivity index (χ0n) is 8.79. The van der Waals surface area contributed by atoms with Crippen LogP contribution in [0, 0.1) is 0 Å². The molecule has 15 heavy (non-hydrogen) atoms. The van der Waals surface area contributed by atoms with E-state index in [4.69, 9.17) is 5.11 Å². The lowest BCUT2D eigenvalue weighted by atomic mass is 9.93. The van der Waals surface area contributed by atoms with Crippen LogP contribution in [0.15, 0.2) is 18.2 Å². The van der Waals surface area contributed by atoms with Crippen LogP contribution in [0.2, 0.25) is 0 Å². The van der Waals surface area contributed by atoms with E-state index in [2.05, 4.69) is 11.4 Å². The van der Waals surface area contributed by atoms with Gasteiger partial charge in [0.2, 0.25) is 0 Å². The molecule has 1 aliphatic rings. The van der Waals surface area contributed by atoms with Crippen molar-refractivity contribution in [1.82, 2.24) is 5.32 Å². The Labute approximate surface area is 89.1 Å². The third-order valence-electron chi connectivity index (χ3n) is 2.99. The lowest BCUT2D eigenvalue weighted by Crippen LogP contribution is -2.24. The van der Waals surface area contributed by atoms with E-state index >= 15 is 0 Å². The largest absolute Gasteiger partial charge is 0.481 e. The molecule has 3 nitrogen and oxygen atoms in total. The van der Waals surface area contributed by atoms with Crippen molar-refractivity contribution in [3.05, 3.63) is 34.9 Å². The molecule has 0 aromatic heterocycles. The zero-order valence-corrected chi connectivity index (χ0v) is 8.79. The zero-order chi connectivity index (χ0) is 10.8. The van der Waals surface area contributed by atoms with Gasteiger partial charge in [-0.3, -0.25) is 4.79 Å². The maximum absolute atomic E-state index is 10.9. The van der Waals surface area contributed by atoms with Crippen molar-refractivity contribution in [2.75, 3.05) is 6.54 Å². The number of hydrogen-bond donors (Lipinski definition) is 2. The Bertz CT molecular complexity index is 387. The summed E-state index contributed by atoms with van der Waals surface area (Å²) in [6.07, 6.45) is 1.04. The first kappa shape index (κ1) is 10.2. The van der Waals surface area contributed by atoms with Gasteiger partial charge < -0.3 is 10.4 Å². The number of hydrogen-bond acceptors (Lipinski definition) is 2. The van der Waals surface area contributed by atoms with Crippen molar-refractivity contribution >= 4 is 5.97 Å². The first-order chi connectivity index (χ1) is 7.18. The molecule has 3 heteroatoms. The van der Waals surface area contributed by atoms with Crippen molar-refractivity contribution in [2.45, 2.75) is 25.8 Å². The van der Waals surface area contributed by atoms with Crippen LogP contribution < -0.4 is 5.32 Å². The van der Waals surface area contributed by atoms with Gasteiger partial charge in [0.25, 0.3) is 0 Å². The summed E-state index contributed by atoms with van der Waals surface area (Å²) in [7, 11) is 0. The molecular formula is C12H15NO2. The molecule has 0 aliphatic carbocycles. The van der Waals surface area contributed by atoms with Crippen LogP contribution in [0.25, 0.3) is 0 Å². The molecule has 2 N–H and O–H groups in total. The van der Waals surface area contributed by atoms with Crippen LogP contribution in [-0.2, 0) is 17.8 Å². The summed E-state index contributed by atoms with van der Waals surface area (Å²) in [4.78, 5) is 10.9. The van der Waals surface area contributed by atoms with Gasteiger partial charge in [-0.2, -0.15) is 0 Å². The van der Waals surface area contributed by atoms with Gasteiger partial charge in [0.15, 0.2) is 0 Å². The van der Waals surface area contributed by atoms with Crippen LogP contribution in [-0.4, -0.2) is 17.6 Å². The smallest absolute Gasteiger partial charge is 0.310 e. The second-order valence-electron chi connectivity index (χ2n) is 4.01. The molecule has 1 aromatic carbocycles. The molecule has 0 saturated carbocycles. The van der Waals surface area contributed by atoms with Gasteiger partial charge in [-0.05, 0) is 36.6 Å². The number of benzene rings is 1. The summed E-state index contributed by atoms with van der Waals surface area (Å²) in [6, 6.07) is 6.01. The maximum Gasteiger partial charge on any atom is 0.310 e. The van der Waals surface area contributed by atoms with Crippen LogP contribution in [0.4, 0.5) is 0 Å². The molecule has 0 radical (unpaired) electrons. The van der Waals surface area contributed by atoms with E-state index in [-0.39, 0.29) is 0 Å². The van der Waals surface area contributed by atoms with E-state index < -0.39 is 11.9 Å². The van der Waals surface area contributed by atoms with Crippen LogP contribution in [0.5, 0.6) is 0 Å². The summed E-state index contributed by atoms with van der Waals surface area (Å²) >= 11 is 0. The summed E-state index contributed by atoms with van der Waals surface area (Å²) in [5.74, 6) is -1.18. The molecule has 1 unspecified atom stereocenters. The molecule has 1 aromatic rings. The van der Waals surface area contributed by atoms with E-state index in [1.54, 1.807) is 6.92 Å². The van der Waals surface area contributed by atoms with E-state index in [1.165, 1.54) is 11.1 Å². The second kappa shape index (κ2) is 4.03. The van der Waals surface area contributed by atoms with Crippen molar-refractivity contribution < 1.29 is 9.90 Å². The van der Waals surface area contributed by atoms with Crippen molar-refractivity contribution in [1.29, 1.82) is 0 Å². The molecule has 0 saturated heterocycles. The SMILES string of the molecule is CC(C(=O)O)c1ccc2c(c1)CNCC2. The molecule has 1 aliphatic heterocycles. The Morgan fingerprint density at radius 3 is 3.00 bits per heavy atom. The minimum atomic E-state index is -0.765. The molecule has 80 valence electrons. The molecule has 0 bridgehead atoms. The van der Waals surface area contributed by atoms with Gasteiger partial charge >= 0.3 is 5.97 Å². The fourth-order valence-corrected chi connectivity index (χ4v) is 1.91. The number of carbonyl (C=O) groups is 1. The first-order valence-corrected chi connectivity index (χ1v) is 5.23. The third-order valence-corrected chi connectivity index (χ3v) is 2.99. The fourth-order valence-electron chi connectivity index (χ4n) is 1.91. The predicted octanol–water partition coefficient (Wildman–Crippen LogP) is 1.52. The van der Waals surface area contributed by atoms with Crippen LogP contribution in [0.3, 0.4) is 0 Å². The van der Waals surface area contributed by atoms with Gasteiger partial charge in [-0.15, -0.1) is 0 Å². The molecule has 0 amide bonds. The van der Waals surface area contributed by atoms with E-state index in [0.29, 0.717) is 0 Å². The summed E-state index contributed by atoms with van der Waals surface area (Å²) in [5.41, 5.74) is 3.48. The van der Waals surface area contributed by atoms with E-state index in [1.807, 2.05) is 12.1 Å². The number of aliphatic carboxylic acids is 1. The lowest BCUT2D eigenvalue weighted by Gasteiger charge is -2.18. The highest BCUT2D eigenvalue weighted by Gasteiger charge is 2.16. The number of carboxylic acids is 1. The van der Waals surface area contributed by atoms with Gasteiger partial charge in [-0.25, -0.2) is 0 Å². The average molecular weight is 205 g/mol. The normalized spacial score (nSPS) is 16.9. The summed E-state index contributed by atoms with van der Waals surface area (Å²) < 4.78 is 0. The van der Waals surface area contributed by atoms with Crippen molar-refractivity contribution in [2.24, 2.45) is 0 Å². The minimum Gasteiger partial charge on any atom is -0.481 e. The topological polar surface area (TPSA) is 49.3 Å². The molecule has 0 spiro atoms. The predicted molar refractivity (Wildman–Crippen MR) is 57.9 cm³/mol. The quantitative estimate of drug-likeness (QED) is 0.769. The highest BCUT2D eigenvalue weighted by Crippen LogP contribution is 2.21. The number of fused-ring (bicyclic) bond motifs is 1. The molecular weight excluding hydrogens is 190 g/mol. The highest BCUT2D eigenvalue weighted by atomic mass is 16.4. The second-order valence-corrected chi connectivity index (χ2v) is 4.01. The maximum atomic E-state index is 10.9. The fraction of sp³-hybridized carbons (Fsp3) is 0.417. The van der Waals surface area contributed by atoms with Gasteiger partial charge in [0.1, 0.15) is 0 Å². The van der Waals surface area contributed by atoms with Crippen LogP contribution >= 0.6 is 0 Å². The Hall–Kier alpha value is -1.35. The number of carboxylic acid groups (broad SMARTS) is 1. The van der Waals surface area contributed by atoms with Gasteiger partial charge in [-0.1, -0.05) is 18.2 Å². The molecule has 0 fully saturated rings. The Morgan fingerprint density at radius 1 is 1.47 bits per heavy atom. The van der Waals surface area contributed by atoms with Crippen LogP contribution in [0.1, 0.15) is 29.5 Å². The standard InChI is InChI=1S/C12H15NO2/c1-8(12(14)15)10-3-2-9-4-5-13-7-11(9)6-10/h2-3,6,8,13H,4-5,7H2,1H3,(H,14,15). The Balaban J connectivity index is 2.31. The van der Waals surface area contributed by atoms with Crippen molar-refractivity contribution in [3.8, 4) is 0 Å². The summed E-state index contributed by atoms with van der Waals surface area (Å²) in [6.45, 7) is 3.59. The highest BCUT2D eigenvalue weighted by molar-refractivity contribution is 5.75. The van der Waals surface area contributed by atoms with Gasteiger partial charge in [0.05, 0.1) is 5.92 Å². The van der Waals surface area contributed by atoms with E-state index in [9.17, 15) is 4.79 Å². The molecule has 2 rings (SSSR count). The monoisotopic (exact) mass is 205 g/mol. The molecule has 1 atom stereocenters. The Kier molecular flexibility index (Phi) is 2.73. The van der Waals surface area contributed by atoms with Crippen molar-refractivity contribution in [3.63, 3.8) is 0 Å². The Morgan fingerprint density at radius 2 is 2.27 bits per heavy atom. The number of rotatable bonds is 2. The van der Waals surface area contributed by atoms with E-state index in [0.717, 1.165) is 25.1 Å². The summed E-state index contributed by atoms with van der Waals surface area (Å²) in [5, 5.41) is 12.2. The number of nitrogens with one attached hydrogen (secondary N) is 1. The van der Waals surface area contributed by atoms with Gasteiger partial charge in [0, 0.05) is 6.54 Å². The first-order valence-electron chi connectivity index (χ1n) is 5.23. The lowest BCUT2D eigenvalue weighted by molar-refractivity contribution is -0.138. The average Bonchev–Trinajstić information content (AvgIpc) is 2.27. The minimum absolute atomic E-state index is 0.419.